The number of allylic oxidation sites excluding steroid dienone is 1. The lowest BCUT2D eigenvalue weighted by atomic mass is 10.1. The van der Waals surface area contributed by atoms with Gasteiger partial charge in [-0.1, -0.05) is 26.8 Å². The molecule has 0 aliphatic carbocycles. The Bertz CT molecular complexity index is 184. The van der Waals surface area contributed by atoms with E-state index in [0.717, 1.165) is 6.08 Å². The Labute approximate surface area is 77.9 Å². The second kappa shape index (κ2) is 8.77. The Morgan fingerprint density at radius 3 is 2.08 bits per heavy atom. The number of hydrogen-bond donors (Lipinski definition) is 2. The minimum Gasteiger partial charge on any atom is -0.481 e. The standard InChI is InChI=1S/C7H10O4.C2H6/c1-5(4-7(10)11)2-3-6(8)9;1-2/h2-3,5H,4H2,1H3,(H,8,9)(H,10,11);1-2H3/b3-2+;. The molecular formula is C9H16O4. The summed E-state index contributed by atoms with van der Waals surface area (Å²) in [6, 6.07) is 0. The van der Waals surface area contributed by atoms with E-state index in [9.17, 15) is 9.59 Å². The van der Waals surface area contributed by atoms with Crippen molar-refractivity contribution < 1.29 is 19.8 Å². The first-order valence-corrected chi connectivity index (χ1v) is 4.15. The number of hydrogen-bond acceptors (Lipinski definition) is 2. The number of carbonyl (C=O) groups is 2. The highest BCUT2D eigenvalue weighted by Gasteiger charge is 2.03. The first-order chi connectivity index (χ1) is 6.02. The van der Waals surface area contributed by atoms with Crippen LogP contribution in [-0.4, -0.2) is 22.2 Å². The molecule has 0 bridgehead atoms. The Kier molecular flexibility index (Phi) is 9.60. The molecule has 1 unspecified atom stereocenters. The van der Waals surface area contributed by atoms with Crippen molar-refractivity contribution in [3.8, 4) is 0 Å². The van der Waals surface area contributed by atoms with Gasteiger partial charge in [0.15, 0.2) is 0 Å². The maximum Gasteiger partial charge on any atom is 0.327 e. The van der Waals surface area contributed by atoms with Crippen LogP contribution >= 0.6 is 0 Å². The van der Waals surface area contributed by atoms with Gasteiger partial charge in [0, 0.05) is 6.08 Å². The molecule has 0 spiro atoms. The van der Waals surface area contributed by atoms with Gasteiger partial charge in [-0.2, -0.15) is 0 Å². The van der Waals surface area contributed by atoms with Gasteiger partial charge in [0.1, 0.15) is 0 Å². The summed E-state index contributed by atoms with van der Waals surface area (Å²) >= 11 is 0. The maximum absolute atomic E-state index is 10.1. The third-order valence-corrected chi connectivity index (χ3v) is 1.06. The summed E-state index contributed by atoms with van der Waals surface area (Å²) in [5.41, 5.74) is 0. The van der Waals surface area contributed by atoms with Crippen molar-refractivity contribution in [3.63, 3.8) is 0 Å². The minimum atomic E-state index is -1.05. The molecule has 0 radical (unpaired) electrons. The molecule has 4 nitrogen and oxygen atoms in total. The van der Waals surface area contributed by atoms with Gasteiger partial charge >= 0.3 is 11.9 Å². The summed E-state index contributed by atoms with van der Waals surface area (Å²) < 4.78 is 0. The van der Waals surface area contributed by atoms with E-state index in [1.54, 1.807) is 6.92 Å². The summed E-state index contributed by atoms with van der Waals surface area (Å²) in [5, 5.41) is 16.4. The molecule has 0 aromatic heterocycles. The molecule has 1 atom stereocenters. The zero-order valence-electron chi connectivity index (χ0n) is 8.15. The normalized spacial score (nSPS) is 11.6. The van der Waals surface area contributed by atoms with Crippen LogP contribution in [0.5, 0.6) is 0 Å². The van der Waals surface area contributed by atoms with Crippen molar-refractivity contribution in [2.24, 2.45) is 5.92 Å². The van der Waals surface area contributed by atoms with E-state index in [1.807, 2.05) is 13.8 Å². The van der Waals surface area contributed by atoms with Crippen LogP contribution in [0.15, 0.2) is 12.2 Å². The summed E-state index contributed by atoms with van der Waals surface area (Å²) in [5.74, 6) is -2.21. The van der Waals surface area contributed by atoms with Crippen molar-refractivity contribution in [1.82, 2.24) is 0 Å². The third kappa shape index (κ3) is 13.6. The van der Waals surface area contributed by atoms with Crippen LogP contribution in [0, 0.1) is 5.92 Å². The summed E-state index contributed by atoms with van der Waals surface area (Å²) in [7, 11) is 0. The molecule has 13 heavy (non-hydrogen) atoms. The SMILES string of the molecule is CC.CC(/C=C/C(=O)O)CC(=O)O. The van der Waals surface area contributed by atoms with Gasteiger partial charge in [-0.3, -0.25) is 4.79 Å². The van der Waals surface area contributed by atoms with Gasteiger partial charge in [0.25, 0.3) is 0 Å². The van der Waals surface area contributed by atoms with E-state index in [4.69, 9.17) is 10.2 Å². The van der Waals surface area contributed by atoms with Crippen molar-refractivity contribution >= 4 is 11.9 Å². The Morgan fingerprint density at radius 1 is 1.31 bits per heavy atom. The second-order valence-electron chi connectivity index (χ2n) is 2.27. The topological polar surface area (TPSA) is 74.6 Å². The van der Waals surface area contributed by atoms with Crippen molar-refractivity contribution in [2.75, 3.05) is 0 Å². The quantitative estimate of drug-likeness (QED) is 0.659. The molecule has 0 aliphatic heterocycles. The molecule has 0 aromatic carbocycles. The summed E-state index contributed by atoms with van der Waals surface area (Å²) in [4.78, 5) is 20.0. The fourth-order valence-corrected chi connectivity index (χ4v) is 0.590. The lowest BCUT2D eigenvalue weighted by Crippen LogP contribution is -2.02. The predicted molar refractivity (Wildman–Crippen MR) is 49.5 cm³/mol. The van der Waals surface area contributed by atoms with E-state index in [2.05, 4.69) is 0 Å². The minimum absolute atomic E-state index is 0.0379. The smallest absolute Gasteiger partial charge is 0.327 e. The Morgan fingerprint density at radius 2 is 1.77 bits per heavy atom. The molecule has 0 rings (SSSR count). The van der Waals surface area contributed by atoms with Crippen LogP contribution in [-0.2, 0) is 9.59 Å². The van der Waals surface area contributed by atoms with Gasteiger partial charge in [0.05, 0.1) is 6.42 Å². The van der Waals surface area contributed by atoms with Gasteiger partial charge in [-0.15, -0.1) is 0 Å². The monoisotopic (exact) mass is 188 g/mol. The molecule has 0 fully saturated rings. The van der Waals surface area contributed by atoms with Crippen LogP contribution in [0.1, 0.15) is 27.2 Å². The van der Waals surface area contributed by atoms with E-state index in [1.165, 1.54) is 6.08 Å². The van der Waals surface area contributed by atoms with Crippen molar-refractivity contribution in [1.29, 1.82) is 0 Å². The highest BCUT2D eigenvalue weighted by Crippen LogP contribution is 2.02. The number of carboxylic acids is 2. The predicted octanol–water partition coefficient (Wildman–Crippen LogP) is 1.76. The van der Waals surface area contributed by atoms with Crippen LogP contribution < -0.4 is 0 Å². The van der Waals surface area contributed by atoms with E-state index in [-0.39, 0.29) is 12.3 Å². The van der Waals surface area contributed by atoms with Crippen LogP contribution in [0.25, 0.3) is 0 Å². The Balaban J connectivity index is 0. The molecule has 76 valence electrons. The maximum atomic E-state index is 10.1. The van der Waals surface area contributed by atoms with Gasteiger partial charge in [-0.05, 0) is 5.92 Å². The van der Waals surface area contributed by atoms with Crippen LogP contribution in [0.3, 0.4) is 0 Å². The first-order valence-electron chi connectivity index (χ1n) is 4.15. The molecule has 4 heteroatoms. The molecular weight excluding hydrogens is 172 g/mol. The molecule has 0 amide bonds. The average molecular weight is 188 g/mol. The number of rotatable bonds is 4. The molecule has 0 aromatic rings. The lowest BCUT2D eigenvalue weighted by Gasteiger charge is -1.98. The highest BCUT2D eigenvalue weighted by atomic mass is 16.4. The third-order valence-electron chi connectivity index (χ3n) is 1.06. The van der Waals surface area contributed by atoms with E-state index < -0.39 is 11.9 Å². The Hall–Kier alpha value is -1.32. The zero-order chi connectivity index (χ0) is 10.9. The van der Waals surface area contributed by atoms with Crippen molar-refractivity contribution in [3.05, 3.63) is 12.2 Å². The van der Waals surface area contributed by atoms with Gasteiger partial charge < -0.3 is 10.2 Å². The average Bonchev–Trinajstić information content (AvgIpc) is 2.03. The molecule has 0 saturated heterocycles. The highest BCUT2D eigenvalue weighted by molar-refractivity contribution is 5.79. The van der Waals surface area contributed by atoms with Crippen LogP contribution in [0.4, 0.5) is 0 Å². The van der Waals surface area contributed by atoms with Crippen molar-refractivity contribution in [2.45, 2.75) is 27.2 Å². The fourth-order valence-electron chi connectivity index (χ4n) is 0.590. The molecule has 0 aliphatic rings. The summed E-state index contributed by atoms with van der Waals surface area (Å²) in [6.07, 6.45) is 2.27. The van der Waals surface area contributed by atoms with E-state index >= 15 is 0 Å². The molecule has 0 heterocycles. The largest absolute Gasteiger partial charge is 0.481 e. The first kappa shape index (κ1) is 14.2. The zero-order valence-corrected chi connectivity index (χ0v) is 8.15. The van der Waals surface area contributed by atoms with Gasteiger partial charge in [0.2, 0.25) is 0 Å². The summed E-state index contributed by atoms with van der Waals surface area (Å²) in [6.45, 7) is 5.65. The van der Waals surface area contributed by atoms with Gasteiger partial charge in [-0.25, -0.2) is 4.79 Å². The second-order valence-corrected chi connectivity index (χ2v) is 2.27. The van der Waals surface area contributed by atoms with Crippen LogP contribution in [0.2, 0.25) is 0 Å². The fraction of sp³-hybridized carbons (Fsp3) is 0.556. The van der Waals surface area contributed by atoms with E-state index in [0.29, 0.717) is 0 Å². The molecule has 2 N–H and O–H groups in total. The lowest BCUT2D eigenvalue weighted by molar-refractivity contribution is -0.137. The number of aliphatic carboxylic acids is 2. The molecule has 0 saturated carbocycles. The number of carboxylic acid groups (broad SMARTS) is 2.